The van der Waals surface area contributed by atoms with E-state index in [4.69, 9.17) is 47.9 Å². The maximum atomic E-state index is 13.8. The number of para-hydroxylation sites is 1. The molecule has 4 aromatic rings. The van der Waals surface area contributed by atoms with Crippen molar-refractivity contribution < 1.29 is 33.3 Å². The Balaban J connectivity index is 1.24. The Kier molecular flexibility index (Phi) is 11.3. The molecule has 266 valence electrons. The monoisotopic (exact) mass is 732 g/mol. The Labute approximate surface area is 306 Å². The molecule has 2 amide bonds. The van der Waals surface area contributed by atoms with Crippen molar-refractivity contribution in [3.8, 4) is 11.5 Å². The smallest absolute Gasteiger partial charge is 0.414 e. The van der Waals surface area contributed by atoms with Gasteiger partial charge >= 0.3 is 12.1 Å². The zero-order valence-electron chi connectivity index (χ0n) is 28.2. The third-order valence-electron chi connectivity index (χ3n) is 9.43. The molecule has 1 aromatic heterocycles. The number of halogens is 2. The van der Waals surface area contributed by atoms with E-state index in [2.05, 4.69) is 9.88 Å². The van der Waals surface area contributed by atoms with Crippen LogP contribution in [0.3, 0.4) is 0 Å². The lowest BCUT2D eigenvalue weighted by molar-refractivity contribution is -0.0311. The van der Waals surface area contributed by atoms with Crippen LogP contribution in [0.15, 0.2) is 79.1 Å². The molecule has 51 heavy (non-hydrogen) atoms. The van der Waals surface area contributed by atoms with E-state index in [1.54, 1.807) is 66.7 Å². The fourth-order valence-corrected chi connectivity index (χ4v) is 7.15. The van der Waals surface area contributed by atoms with E-state index in [0.29, 0.717) is 56.4 Å². The summed E-state index contributed by atoms with van der Waals surface area (Å²) in [7, 11) is 3.05. The first-order valence-electron chi connectivity index (χ1n) is 16.5. The third kappa shape index (κ3) is 8.22. The van der Waals surface area contributed by atoms with Gasteiger partial charge in [0.1, 0.15) is 12.2 Å². The van der Waals surface area contributed by atoms with Gasteiger partial charge in [-0.15, -0.1) is 0 Å². The summed E-state index contributed by atoms with van der Waals surface area (Å²) in [5.74, 6) is 0.0118. The van der Waals surface area contributed by atoms with E-state index in [1.807, 2.05) is 0 Å². The van der Waals surface area contributed by atoms with Crippen molar-refractivity contribution in [2.45, 2.75) is 38.0 Å². The van der Waals surface area contributed by atoms with Crippen LogP contribution >= 0.6 is 23.2 Å². The summed E-state index contributed by atoms with van der Waals surface area (Å²) in [5, 5.41) is 0.672. The van der Waals surface area contributed by atoms with Crippen molar-refractivity contribution >= 4 is 46.9 Å². The van der Waals surface area contributed by atoms with Gasteiger partial charge in [-0.1, -0.05) is 53.5 Å². The van der Waals surface area contributed by atoms with Crippen molar-refractivity contribution in [1.82, 2.24) is 9.88 Å². The minimum Gasteiger partial charge on any atom is -0.493 e. The first-order valence-corrected chi connectivity index (χ1v) is 17.3. The quantitative estimate of drug-likeness (QED) is 0.155. The highest BCUT2D eigenvalue weighted by molar-refractivity contribution is 6.35. The minimum atomic E-state index is -0.809. The maximum absolute atomic E-state index is 13.8. The van der Waals surface area contributed by atoms with Crippen molar-refractivity contribution in [3.05, 3.63) is 117 Å². The van der Waals surface area contributed by atoms with Crippen LogP contribution in [0.4, 0.5) is 10.5 Å². The first kappa shape index (κ1) is 36.0. The van der Waals surface area contributed by atoms with Crippen molar-refractivity contribution in [3.63, 3.8) is 0 Å². The highest BCUT2D eigenvalue weighted by Crippen LogP contribution is 2.36. The topological polar surface area (TPSA) is 134 Å². The number of aromatic nitrogens is 1. The third-order valence-corrected chi connectivity index (χ3v) is 10.1. The molecule has 3 aromatic carbocycles. The summed E-state index contributed by atoms with van der Waals surface area (Å²) in [5.41, 5.74) is 8.39. The predicted molar refractivity (Wildman–Crippen MR) is 193 cm³/mol. The van der Waals surface area contributed by atoms with Crippen LogP contribution in [0.25, 0.3) is 0 Å². The second-order valence-corrected chi connectivity index (χ2v) is 13.3. The Hall–Kier alpha value is -4.84. The number of nitrogens with zero attached hydrogens (tertiary/aromatic N) is 3. The highest BCUT2D eigenvalue weighted by atomic mass is 35.5. The van der Waals surface area contributed by atoms with E-state index < -0.39 is 24.1 Å². The van der Waals surface area contributed by atoms with Crippen LogP contribution in [0.2, 0.25) is 10.0 Å². The van der Waals surface area contributed by atoms with E-state index in [-0.39, 0.29) is 30.2 Å². The molecule has 3 saturated heterocycles. The van der Waals surface area contributed by atoms with Crippen molar-refractivity contribution in [2.75, 3.05) is 38.8 Å². The average molecular weight is 734 g/mol. The zero-order chi connectivity index (χ0) is 36.1. The van der Waals surface area contributed by atoms with E-state index in [9.17, 15) is 14.4 Å². The molecule has 0 saturated carbocycles. The Morgan fingerprint density at radius 2 is 1.63 bits per heavy atom. The normalized spacial score (nSPS) is 18.4. The lowest BCUT2D eigenvalue weighted by atomic mass is 9.86. The van der Waals surface area contributed by atoms with E-state index in [0.717, 1.165) is 25.9 Å². The van der Waals surface area contributed by atoms with Gasteiger partial charge in [0.15, 0.2) is 11.5 Å². The number of nitrogens with two attached hydrogens (primary N) is 1. The van der Waals surface area contributed by atoms with Crippen LogP contribution < -0.4 is 20.1 Å². The number of carbonyl (C=O) groups is 3. The number of primary amides is 1. The maximum Gasteiger partial charge on any atom is 0.414 e. The number of benzene rings is 3. The van der Waals surface area contributed by atoms with Gasteiger partial charge in [0, 0.05) is 25.4 Å². The summed E-state index contributed by atoms with van der Waals surface area (Å²) < 4.78 is 23.0. The molecule has 2 bridgehead atoms. The zero-order valence-corrected chi connectivity index (χ0v) is 29.7. The second-order valence-electron chi connectivity index (χ2n) is 12.5. The Bertz CT molecular complexity index is 1880. The van der Waals surface area contributed by atoms with Gasteiger partial charge in [0.05, 0.1) is 47.6 Å². The van der Waals surface area contributed by atoms with Gasteiger partial charge in [0.25, 0.3) is 5.91 Å². The lowest BCUT2D eigenvalue weighted by Crippen LogP contribution is -2.53. The highest BCUT2D eigenvalue weighted by Gasteiger charge is 2.38. The summed E-state index contributed by atoms with van der Waals surface area (Å²) in [4.78, 5) is 47.6. The minimum absolute atomic E-state index is 0.0624. The standard InChI is InChI=1S/C38H38Cl2N4O7/c1-48-32-12-11-26(17-34(32)49-2)33(18-28-29(39)19-42-20-30(28)40)50-37(46)25-9-7-23(8-10-25)21-44(31-6-4-3-5-27(31)36(41)45)38(47)51-35-22-43-15-13-24(35)14-16-43/h3-12,17,19-20,24,33,35H,13-16,18,21-22H2,1-2H3,(H2,41,45)/t33-,35-/m0/s1. The number of piperidine rings is 3. The summed E-state index contributed by atoms with van der Waals surface area (Å²) in [6, 6.07) is 18.6. The number of esters is 1. The van der Waals surface area contributed by atoms with Crippen LogP contribution in [0.5, 0.6) is 11.5 Å². The molecule has 0 unspecified atom stereocenters. The molecule has 4 heterocycles. The van der Waals surface area contributed by atoms with Gasteiger partial charge in [-0.3, -0.25) is 19.6 Å². The molecule has 0 aliphatic carbocycles. The molecule has 3 aliphatic rings. The van der Waals surface area contributed by atoms with Crippen LogP contribution in [0.1, 0.15) is 56.4 Å². The number of methoxy groups -OCH3 is 2. The molecule has 0 spiro atoms. The molecule has 2 N–H and O–H groups in total. The molecule has 2 atom stereocenters. The van der Waals surface area contributed by atoms with Gasteiger partial charge in [0.2, 0.25) is 0 Å². The molecular weight excluding hydrogens is 695 g/mol. The van der Waals surface area contributed by atoms with E-state index in [1.165, 1.54) is 31.5 Å². The molecule has 13 heteroatoms. The molecular formula is C38H38Cl2N4O7. The number of amides is 2. The van der Waals surface area contributed by atoms with Crippen LogP contribution in [0, 0.1) is 5.92 Å². The van der Waals surface area contributed by atoms with Crippen LogP contribution in [-0.4, -0.2) is 67.8 Å². The number of hydrogen-bond acceptors (Lipinski definition) is 9. The number of rotatable bonds is 12. The largest absolute Gasteiger partial charge is 0.493 e. The number of fused-ring (bicyclic) bond motifs is 3. The number of pyridine rings is 1. The van der Waals surface area contributed by atoms with Gasteiger partial charge in [-0.25, -0.2) is 9.59 Å². The van der Waals surface area contributed by atoms with Gasteiger partial charge in [-0.05, 0) is 84.9 Å². The second kappa shape index (κ2) is 16.0. The number of hydrogen-bond donors (Lipinski definition) is 1. The summed E-state index contributed by atoms with van der Waals surface area (Å²) in [6.45, 7) is 2.75. The van der Waals surface area contributed by atoms with Crippen molar-refractivity contribution in [2.24, 2.45) is 11.7 Å². The van der Waals surface area contributed by atoms with Gasteiger partial charge in [-0.2, -0.15) is 0 Å². The number of anilines is 1. The molecule has 3 fully saturated rings. The average Bonchev–Trinajstić information content (AvgIpc) is 3.15. The molecule has 3 aliphatic heterocycles. The SMILES string of the molecule is COc1ccc([C@H](Cc2c(Cl)cncc2Cl)OC(=O)c2ccc(CN(C(=O)O[C@H]3CN4CCC3CC4)c3ccccc3C(N)=O)cc2)cc1OC. The fourth-order valence-electron chi connectivity index (χ4n) is 6.63. The summed E-state index contributed by atoms with van der Waals surface area (Å²) >= 11 is 12.9. The Morgan fingerprint density at radius 3 is 2.25 bits per heavy atom. The molecule has 0 radical (unpaired) electrons. The Morgan fingerprint density at radius 1 is 0.941 bits per heavy atom. The first-order chi connectivity index (χ1) is 24.6. The van der Waals surface area contributed by atoms with Crippen LogP contribution in [-0.2, 0) is 22.4 Å². The number of ether oxygens (including phenoxy) is 4. The van der Waals surface area contributed by atoms with Crippen molar-refractivity contribution in [1.29, 1.82) is 0 Å². The molecule has 11 nitrogen and oxygen atoms in total. The number of carbonyl (C=O) groups excluding carboxylic acids is 3. The predicted octanol–water partition coefficient (Wildman–Crippen LogP) is 6.88. The lowest BCUT2D eigenvalue weighted by Gasteiger charge is -2.44. The van der Waals surface area contributed by atoms with Gasteiger partial charge < -0.3 is 24.7 Å². The summed E-state index contributed by atoms with van der Waals surface area (Å²) in [6.07, 6.45) is 3.45. The fraction of sp³-hybridized carbons (Fsp3) is 0.316. The van der Waals surface area contributed by atoms with E-state index >= 15 is 0 Å². The molecule has 7 rings (SSSR count).